The fourth-order valence-corrected chi connectivity index (χ4v) is 7.21. The van der Waals surface area contributed by atoms with Crippen LogP contribution in [0.4, 0.5) is 0 Å². The Labute approximate surface area is 280 Å². The highest BCUT2D eigenvalue weighted by Crippen LogP contribution is 2.47. The van der Waals surface area contributed by atoms with Crippen molar-refractivity contribution in [2.75, 3.05) is 0 Å². The maximum Gasteiger partial charge on any atom is 0.00201 e. The van der Waals surface area contributed by atoms with E-state index < -0.39 is 0 Å². The van der Waals surface area contributed by atoms with Crippen LogP contribution < -0.4 is 0 Å². The van der Waals surface area contributed by atoms with E-state index in [9.17, 15) is 0 Å². The first kappa shape index (κ1) is 43.0. The minimum absolute atomic E-state index is 0.0561. The normalized spacial score (nSPS) is 12.7. The molecule has 44 heavy (non-hydrogen) atoms. The first-order chi connectivity index (χ1) is 21.3. The van der Waals surface area contributed by atoms with Crippen molar-refractivity contribution in [1.29, 1.82) is 0 Å². The van der Waals surface area contributed by atoms with E-state index in [2.05, 4.69) is 47.4 Å². The van der Waals surface area contributed by atoms with E-state index in [-0.39, 0.29) is 5.41 Å². The van der Waals surface area contributed by atoms with Crippen LogP contribution in [0.1, 0.15) is 227 Å². The number of hydrogen-bond acceptors (Lipinski definition) is 0. The van der Waals surface area contributed by atoms with Gasteiger partial charge in [0.25, 0.3) is 0 Å². The Balaban J connectivity index is 5.06. The lowest BCUT2D eigenvalue weighted by Crippen LogP contribution is -2.25. The van der Waals surface area contributed by atoms with Gasteiger partial charge in [0.15, 0.2) is 0 Å². The summed E-state index contributed by atoms with van der Waals surface area (Å²) in [5.41, 5.74) is 5.67. The maximum atomic E-state index is 4.82. The molecule has 0 aromatic carbocycles. The molecule has 0 nitrogen and oxygen atoms in total. The van der Waals surface area contributed by atoms with E-state index in [1.807, 2.05) is 0 Å². The van der Waals surface area contributed by atoms with Gasteiger partial charge in [-0.2, -0.15) is 0 Å². The molecular weight excluding hydrogens is 528 g/mol. The first-order valence-electron chi connectivity index (χ1n) is 20.0. The fourth-order valence-electron chi connectivity index (χ4n) is 7.21. The van der Waals surface area contributed by atoms with Crippen molar-refractivity contribution in [1.82, 2.24) is 0 Å². The number of allylic oxidation sites excluding steroid dienone is 4. The summed E-state index contributed by atoms with van der Waals surface area (Å²) in [6.45, 7) is 27.7. The Kier molecular flexibility index (Phi) is 29.9. The second kappa shape index (κ2) is 30.6. The third-order valence-electron chi connectivity index (χ3n) is 9.92. The van der Waals surface area contributed by atoms with E-state index in [0.717, 1.165) is 25.7 Å². The summed E-state index contributed by atoms with van der Waals surface area (Å²) in [5, 5.41) is 0. The van der Waals surface area contributed by atoms with Gasteiger partial charge in [0.1, 0.15) is 0 Å². The summed E-state index contributed by atoms with van der Waals surface area (Å²) >= 11 is 0. The first-order valence-corrected chi connectivity index (χ1v) is 20.0. The van der Waals surface area contributed by atoms with Gasteiger partial charge < -0.3 is 0 Å². The zero-order valence-corrected chi connectivity index (χ0v) is 31.2. The number of rotatable bonds is 35. The molecule has 0 saturated heterocycles. The molecule has 0 heterocycles. The SMILES string of the molecule is C=C(C)CC(CC(=C)CCCCCCCCC)(CC(=C)CCCCCCCCCCC)C(=C)CCCCCCCCCCC. The Hall–Kier alpha value is -1.04. The van der Waals surface area contributed by atoms with Crippen molar-refractivity contribution in [3.8, 4) is 0 Å². The van der Waals surface area contributed by atoms with Gasteiger partial charge in [0, 0.05) is 5.41 Å². The quantitative estimate of drug-likeness (QED) is 0.0494. The van der Waals surface area contributed by atoms with Gasteiger partial charge in [-0.3, -0.25) is 0 Å². The molecule has 0 aromatic heterocycles. The fraction of sp³-hybridized carbons (Fsp3) is 0.818. The third-order valence-corrected chi connectivity index (χ3v) is 9.92. The van der Waals surface area contributed by atoms with Crippen LogP contribution in [0.15, 0.2) is 48.6 Å². The van der Waals surface area contributed by atoms with Crippen molar-refractivity contribution < 1.29 is 0 Å². The van der Waals surface area contributed by atoms with Gasteiger partial charge in [-0.1, -0.05) is 204 Å². The van der Waals surface area contributed by atoms with E-state index >= 15 is 0 Å². The van der Waals surface area contributed by atoms with E-state index in [1.54, 1.807) is 0 Å². The zero-order chi connectivity index (χ0) is 32.7. The van der Waals surface area contributed by atoms with Crippen LogP contribution in [0, 0.1) is 5.41 Å². The van der Waals surface area contributed by atoms with Crippen molar-refractivity contribution in [2.24, 2.45) is 5.41 Å². The van der Waals surface area contributed by atoms with Crippen LogP contribution in [-0.4, -0.2) is 0 Å². The molecule has 0 N–H and O–H groups in total. The van der Waals surface area contributed by atoms with Gasteiger partial charge in [-0.25, -0.2) is 0 Å². The molecule has 1 atom stereocenters. The Morgan fingerprint density at radius 1 is 0.364 bits per heavy atom. The number of hydrogen-bond donors (Lipinski definition) is 0. The van der Waals surface area contributed by atoms with Crippen LogP contribution in [0.2, 0.25) is 0 Å². The second-order valence-corrected chi connectivity index (χ2v) is 14.9. The lowest BCUT2D eigenvalue weighted by atomic mass is 9.66. The monoisotopic (exact) mass is 611 g/mol. The maximum absolute atomic E-state index is 4.82. The standard InChI is InChI=1S/C44H82/c1-9-12-15-18-21-23-26-29-32-35-42(7)39-44(37-40(4)5,38-41(6)34-31-28-25-20-17-14-11-3)43(8)36-33-30-27-24-22-19-16-13-10-2/h4,6-39H2,1-3,5H3. The molecule has 0 spiro atoms. The molecule has 1 unspecified atom stereocenters. The molecule has 0 aliphatic heterocycles. The lowest BCUT2D eigenvalue weighted by molar-refractivity contribution is 0.322. The molecule has 0 bridgehead atoms. The zero-order valence-electron chi connectivity index (χ0n) is 31.2. The van der Waals surface area contributed by atoms with Gasteiger partial charge in [-0.15, -0.1) is 6.58 Å². The molecule has 0 aliphatic carbocycles. The summed E-state index contributed by atoms with van der Waals surface area (Å²) in [6.07, 6.45) is 41.0. The molecule has 0 heteroatoms. The van der Waals surface area contributed by atoms with Crippen LogP contribution in [0.25, 0.3) is 0 Å². The molecule has 0 rings (SSSR count). The van der Waals surface area contributed by atoms with Gasteiger partial charge in [0.2, 0.25) is 0 Å². The molecule has 0 aromatic rings. The highest BCUT2D eigenvalue weighted by atomic mass is 14.4. The summed E-state index contributed by atoms with van der Waals surface area (Å²) in [5.74, 6) is 0. The highest BCUT2D eigenvalue weighted by molar-refractivity contribution is 5.23. The van der Waals surface area contributed by atoms with Crippen LogP contribution >= 0.6 is 0 Å². The molecule has 0 amide bonds. The second-order valence-electron chi connectivity index (χ2n) is 14.9. The molecular formula is C44H82. The predicted octanol–water partition coefficient (Wildman–Crippen LogP) is 16.4. The molecule has 0 saturated carbocycles. The van der Waals surface area contributed by atoms with E-state index in [0.29, 0.717) is 0 Å². The molecule has 0 aliphatic rings. The molecule has 258 valence electrons. The van der Waals surface area contributed by atoms with Crippen LogP contribution in [-0.2, 0) is 0 Å². The van der Waals surface area contributed by atoms with Gasteiger partial charge in [-0.05, 0) is 64.7 Å². The van der Waals surface area contributed by atoms with Crippen molar-refractivity contribution >= 4 is 0 Å². The molecule has 0 radical (unpaired) electrons. The average molecular weight is 611 g/mol. The van der Waals surface area contributed by atoms with Crippen molar-refractivity contribution in [3.05, 3.63) is 48.6 Å². The van der Waals surface area contributed by atoms with E-state index in [4.69, 9.17) is 6.58 Å². The van der Waals surface area contributed by atoms with Gasteiger partial charge in [0.05, 0.1) is 0 Å². The Morgan fingerprint density at radius 3 is 0.932 bits per heavy atom. The lowest BCUT2D eigenvalue weighted by Gasteiger charge is -2.38. The average Bonchev–Trinajstić information content (AvgIpc) is 2.98. The van der Waals surface area contributed by atoms with Crippen molar-refractivity contribution in [2.45, 2.75) is 227 Å². The molecule has 0 fully saturated rings. The summed E-state index contributed by atoms with van der Waals surface area (Å²) < 4.78 is 0. The minimum Gasteiger partial charge on any atom is -0.100 e. The van der Waals surface area contributed by atoms with Crippen LogP contribution in [0.3, 0.4) is 0 Å². The van der Waals surface area contributed by atoms with E-state index in [1.165, 1.54) is 196 Å². The summed E-state index contributed by atoms with van der Waals surface area (Å²) in [4.78, 5) is 0. The third kappa shape index (κ3) is 25.2. The summed E-state index contributed by atoms with van der Waals surface area (Å²) in [6, 6.07) is 0. The topological polar surface area (TPSA) is 0 Å². The Bertz CT molecular complexity index is 708. The Morgan fingerprint density at radius 2 is 0.636 bits per heavy atom. The minimum atomic E-state index is 0.0561. The van der Waals surface area contributed by atoms with Crippen molar-refractivity contribution in [3.63, 3.8) is 0 Å². The number of unbranched alkanes of at least 4 members (excludes halogenated alkanes) is 22. The predicted molar refractivity (Wildman–Crippen MR) is 205 cm³/mol. The smallest absolute Gasteiger partial charge is 0.00201 e. The largest absolute Gasteiger partial charge is 0.100 e. The van der Waals surface area contributed by atoms with Crippen LogP contribution in [0.5, 0.6) is 0 Å². The highest BCUT2D eigenvalue weighted by Gasteiger charge is 2.34. The summed E-state index contributed by atoms with van der Waals surface area (Å²) in [7, 11) is 0. The van der Waals surface area contributed by atoms with Gasteiger partial charge >= 0.3 is 0 Å².